The fourth-order valence-corrected chi connectivity index (χ4v) is 4.03. The first kappa shape index (κ1) is 20.7. The number of hydrogen-bond acceptors (Lipinski definition) is 5. The Labute approximate surface area is 171 Å². The number of rotatable bonds is 8. The van der Waals surface area contributed by atoms with Crippen molar-refractivity contribution in [3.05, 3.63) is 78.4 Å². The van der Waals surface area contributed by atoms with Crippen LogP contribution in [-0.2, 0) is 10.0 Å². The predicted octanol–water partition coefficient (Wildman–Crippen LogP) is 4.54. The molecular weight excluding hydrogens is 390 g/mol. The molecule has 3 aromatic carbocycles. The lowest BCUT2D eigenvalue weighted by molar-refractivity contribution is 0.354. The molecule has 0 heterocycles. The van der Waals surface area contributed by atoms with E-state index in [1.54, 1.807) is 44.4 Å². The van der Waals surface area contributed by atoms with Gasteiger partial charge in [0.15, 0.2) is 11.5 Å². The highest BCUT2D eigenvalue weighted by Gasteiger charge is 2.19. The van der Waals surface area contributed by atoms with Gasteiger partial charge >= 0.3 is 0 Å². The van der Waals surface area contributed by atoms with E-state index in [2.05, 4.69) is 4.72 Å². The molecule has 0 unspecified atom stereocenters. The number of sulfonamides is 1. The Morgan fingerprint density at radius 2 is 1.41 bits per heavy atom. The van der Waals surface area contributed by atoms with Gasteiger partial charge in [0, 0.05) is 6.04 Å². The van der Waals surface area contributed by atoms with Crippen LogP contribution in [0, 0.1) is 0 Å². The van der Waals surface area contributed by atoms with E-state index in [0.29, 0.717) is 23.0 Å². The van der Waals surface area contributed by atoms with E-state index in [9.17, 15) is 8.42 Å². The Morgan fingerprint density at radius 3 is 2.03 bits per heavy atom. The highest BCUT2D eigenvalue weighted by Crippen LogP contribution is 2.30. The van der Waals surface area contributed by atoms with Crippen molar-refractivity contribution in [1.29, 1.82) is 0 Å². The van der Waals surface area contributed by atoms with Crippen LogP contribution in [0.2, 0.25) is 0 Å². The maximum atomic E-state index is 12.8. The molecule has 0 saturated heterocycles. The second-order valence-electron chi connectivity index (χ2n) is 6.34. The second-order valence-corrected chi connectivity index (χ2v) is 8.06. The van der Waals surface area contributed by atoms with Crippen LogP contribution in [0.3, 0.4) is 0 Å². The zero-order chi connectivity index (χ0) is 20.9. The third-order valence-electron chi connectivity index (χ3n) is 4.35. The maximum absolute atomic E-state index is 12.8. The zero-order valence-corrected chi connectivity index (χ0v) is 17.3. The van der Waals surface area contributed by atoms with Crippen LogP contribution in [-0.4, -0.2) is 22.6 Å². The molecule has 3 aromatic rings. The van der Waals surface area contributed by atoms with Crippen molar-refractivity contribution in [2.24, 2.45) is 0 Å². The van der Waals surface area contributed by atoms with E-state index < -0.39 is 16.1 Å². The van der Waals surface area contributed by atoms with E-state index in [0.717, 1.165) is 5.56 Å². The van der Waals surface area contributed by atoms with Gasteiger partial charge in [0.05, 0.1) is 19.1 Å². The molecule has 3 rings (SSSR count). The van der Waals surface area contributed by atoms with Crippen LogP contribution in [0.1, 0.15) is 18.5 Å². The number of hydrogen-bond donors (Lipinski definition) is 1. The molecule has 0 radical (unpaired) electrons. The fourth-order valence-electron chi connectivity index (χ4n) is 2.80. The Bertz CT molecular complexity index is 1050. The summed E-state index contributed by atoms with van der Waals surface area (Å²) in [6.07, 6.45) is 0. The molecule has 1 atom stereocenters. The van der Waals surface area contributed by atoms with Crippen LogP contribution in [0.15, 0.2) is 77.7 Å². The molecule has 1 N–H and O–H groups in total. The summed E-state index contributed by atoms with van der Waals surface area (Å²) in [4.78, 5) is 0.158. The topological polar surface area (TPSA) is 73.9 Å². The minimum Gasteiger partial charge on any atom is -0.493 e. The maximum Gasteiger partial charge on any atom is 0.241 e. The first-order valence-corrected chi connectivity index (χ1v) is 10.5. The number of methoxy groups -OCH3 is 2. The van der Waals surface area contributed by atoms with Crippen molar-refractivity contribution in [3.63, 3.8) is 0 Å². The zero-order valence-electron chi connectivity index (χ0n) is 16.5. The monoisotopic (exact) mass is 413 g/mol. The molecule has 6 nitrogen and oxygen atoms in total. The van der Waals surface area contributed by atoms with Crippen LogP contribution in [0.5, 0.6) is 23.0 Å². The smallest absolute Gasteiger partial charge is 0.241 e. The summed E-state index contributed by atoms with van der Waals surface area (Å²) >= 11 is 0. The highest BCUT2D eigenvalue weighted by molar-refractivity contribution is 7.89. The minimum atomic E-state index is -3.71. The SMILES string of the molecule is COc1ccc([C@@H](C)NS(=O)(=O)c2ccc(Oc3ccccc3)cc2)cc1OC. The first-order chi connectivity index (χ1) is 13.9. The van der Waals surface area contributed by atoms with Gasteiger partial charge in [0.2, 0.25) is 10.0 Å². The van der Waals surface area contributed by atoms with E-state index in [-0.39, 0.29) is 4.90 Å². The van der Waals surface area contributed by atoms with Crippen molar-refractivity contribution in [1.82, 2.24) is 4.72 Å². The molecule has 29 heavy (non-hydrogen) atoms. The van der Waals surface area contributed by atoms with Crippen LogP contribution >= 0.6 is 0 Å². The van der Waals surface area contributed by atoms with Gasteiger partial charge in [-0.25, -0.2) is 13.1 Å². The van der Waals surface area contributed by atoms with Crippen molar-refractivity contribution in [3.8, 4) is 23.0 Å². The molecular formula is C22H23NO5S. The lowest BCUT2D eigenvalue weighted by Crippen LogP contribution is -2.26. The van der Waals surface area contributed by atoms with Gasteiger partial charge in [-0.1, -0.05) is 24.3 Å². The van der Waals surface area contributed by atoms with Crippen molar-refractivity contribution < 1.29 is 22.6 Å². The molecule has 0 aromatic heterocycles. The standard InChI is InChI=1S/C22H23NO5S/c1-16(17-9-14-21(26-2)22(15-17)27-3)23-29(24,25)20-12-10-19(11-13-20)28-18-7-5-4-6-8-18/h4-16,23H,1-3H3/t16-/m1/s1. The molecule has 0 fully saturated rings. The van der Waals surface area contributed by atoms with Gasteiger partial charge in [-0.2, -0.15) is 0 Å². The summed E-state index contributed by atoms with van der Waals surface area (Å²) in [5.74, 6) is 2.37. The normalized spacial score (nSPS) is 12.2. The summed E-state index contributed by atoms with van der Waals surface area (Å²) in [6, 6.07) is 20.4. The Morgan fingerprint density at radius 1 is 0.793 bits per heavy atom. The quantitative estimate of drug-likeness (QED) is 0.587. The van der Waals surface area contributed by atoms with Gasteiger partial charge in [-0.3, -0.25) is 0 Å². The van der Waals surface area contributed by atoms with E-state index in [4.69, 9.17) is 14.2 Å². The van der Waals surface area contributed by atoms with Crippen LogP contribution in [0.4, 0.5) is 0 Å². The molecule has 0 aliphatic heterocycles. The van der Waals surface area contributed by atoms with Gasteiger partial charge in [0.25, 0.3) is 0 Å². The van der Waals surface area contributed by atoms with E-state index >= 15 is 0 Å². The van der Waals surface area contributed by atoms with Gasteiger partial charge in [-0.15, -0.1) is 0 Å². The molecule has 0 amide bonds. The van der Waals surface area contributed by atoms with Crippen molar-refractivity contribution in [2.75, 3.05) is 14.2 Å². The molecule has 0 spiro atoms. The molecule has 0 saturated carbocycles. The van der Waals surface area contributed by atoms with Gasteiger partial charge in [-0.05, 0) is 61.0 Å². The predicted molar refractivity (Wildman–Crippen MR) is 111 cm³/mol. The third-order valence-corrected chi connectivity index (χ3v) is 5.91. The van der Waals surface area contributed by atoms with Gasteiger partial charge < -0.3 is 14.2 Å². The fraction of sp³-hybridized carbons (Fsp3) is 0.182. The number of benzene rings is 3. The molecule has 0 aliphatic carbocycles. The summed E-state index contributed by atoms with van der Waals surface area (Å²) in [5, 5.41) is 0. The van der Waals surface area contributed by atoms with Crippen molar-refractivity contribution >= 4 is 10.0 Å². The Kier molecular flexibility index (Phi) is 6.41. The molecule has 0 bridgehead atoms. The van der Waals surface area contributed by atoms with Crippen molar-refractivity contribution in [2.45, 2.75) is 17.9 Å². The average Bonchev–Trinajstić information content (AvgIpc) is 2.74. The molecule has 0 aliphatic rings. The summed E-state index contributed by atoms with van der Waals surface area (Å²) in [7, 11) is -0.622. The third kappa shape index (κ3) is 5.07. The van der Waals surface area contributed by atoms with E-state index in [1.165, 1.54) is 19.2 Å². The second kappa shape index (κ2) is 8.98. The summed E-state index contributed by atoms with van der Waals surface area (Å²) in [5.41, 5.74) is 0.759. The Balaban J connectivity index is 1.73. The number of para-hydroxylation sites is 1. The van der Waals surface area contributed by atoms with E-state index in [1.807, 2.05) is 30.3 Å². The van der Waals surface area contributed by atoms with Crippen LogP contribution in [0.25, 0.3) is 0 Å². The summed E-state index contributed by atoms with van der Waals surface area (Å²) < 4.78 is 44.4. The molecule has 152 valence electrons. The molecule has 7 heteroatoms. The largest absolute Gasteiger partial charge is 0.493 e. The van der Waals surface area contributed by atoms with Crippen LogP contribution < -0.4 is 18.9 Å². The first-order valence-electron chi connectivity index (χ1n) is 9.00. The number of nitrogens with one attached hydrogen (secondary N) is 1. The lowest BCUT2D eigenvalue weighted by Gasteiger charge is -2.17. The minimum absolute atomic E-state index is 0.158. The lowest BCUT2D eigenvalue weighted by atomic mass is 10.1. The van der Waals surface area contributed by atoms with Gasteiger partial charge in [0.1, 0.15) is 11.5 Å². The average molecular weight is 413 g/mol. The number of ether oxygens (including phenoxy) is 3. The Hall–Kier alpha value is -3.03. The summed E-state index contributed by atoms with van der Waals surface area (Å²) in [6.45, 7) is 1.77. The highest BCUT2D eigenvalue weighted by atomic mass is 32.2.